The SMILES string of the molecule is Cc1ccc(NC(=O)c2ccc(Cl)c(S(=O)(=O)NCc3ccccc3)c2)cc1. The van der Waals surface area contributed by atoms with Crippen LogP contribution in [0.3, 0.4) is 0 Å². The number of hydrogen-bond donors (Lipinski definition) is 2. The Morgan fingerprint density at radius 3 is 2.32 bits per heavy atom. The molecule has 0 aliphatic rings. The molecular weight excluding hydrogens is 396 g/mol. The topological polar surface area (TPSA) is 75.3 Å². The lowest BCUT2D eigenvalue weighted by Gasteiger charge is -2.11. The van der Waals surface area contributed by atoms with Crippen LogP contribution in [0.1, 0.15) is 21.5 Å². The third-order valence-corrected chi connectivity index (χ3v) is 5.98. The summed E-state index contributed by atoms with van der Waals surface area (Å²) in [6, 6.07) is 20.6. The summed E-state index contributed by atoms with van der Waals surface area (Å²) in [6.07, 6.45) is 0. The standard InChI is InChI=1S/C21H19ClN2O3S/c1-15-7-10-18(11-8-15)24-21(25)17-9-12-19(22)20(13-17)28(26,27)23-14-16-5-3-2-4-6-16/h2-13,23H,14H2,1H3,(H,24,25). The Kier molecular flexibility index (Phi) is 6.14. The fraction of sp³-hybridized carbons (Fsp3) is 0.0952. The molecule has 3 aromatic rings. The van der Waals surface area contributed by atoms with Gasteiger partial charge in [0.05, 0.1) is 5.02 Å². The summed E-state index contributed by atoms with van der Waals surface area (Å²) in [5.74, 6) is -0.417. The Hall–Kier alpha value is -2.67. The molecule has 0 heterocycles. The van der Waals surface area contributed by atoms with Gasteiger partial charge in [-0.2, -0.15) is 0 Å². The van der Waals surface area contributed by atoms with Crippen molar-refractivity contribution in [1.29, 1.82) is 0 Å². The van der Waals surface area contributed by atoms with Crippen LogP contribution in [0.25, 0.3) is 0 Å². The lowest BCUT2D eigenvalue weighted by Crippen LogP contribution is -2.24. The van der Waals surface area contributed by atoms with Crippen molar-refractivity contribution in [1.82, 2.24) is 4.72 Å². The maximum absolute atomic E-state index is 12.7. The molecular formula is C21H19ClN2O3S. The predicted molar refractivity (Wildman–Crippen MR) is 111 cm³/mol. The van der Waals surface area contributed by atoms with Crippen molar-refractivity contribution in [3.8, 4) is 0 Å². The number of rotatable bonds is 6. The predicted octanol–water partition coefficient (Wildman–Crippen LogP) is 4.38. The Bertz CT molecular complexity index is 1080. The van der Waals surface area contributed by atoms with Crippen LogP contribution in [0, 0.1) is 6.92 Å². The van der Waals surface area contributed by atoms with Gasteiger partial charge in [0.1, 0.15) is 4.90 Å². The second-order valence-corrected chi connectivity index (χ2v) is 8.42. The first-order valence-corrected chi connectivity index (χ1v) is 10.4. The number of carbonyl (C=O) groups excluding carboxylic acids is 1. The van der Waals surface area contributed by atoms with Gasteiger partial charge in [0, 0.05) is 17.8 Å². The zero-order chi connectivity index (χ0) is 20.1. The summed E-state index contributed by atoms with van der Waals surface area (Å²) in [5, 5.41) is 2.79. The molecule has 5 nitrogen and oxygen atoms in total. The summed E-state index contributed by atoms with van der Waals surface area (Å²) in [7, 11) is -3.89. The van der Waals surface area contributed by atoms with Crippen molar-refractivity contribution in [3.63, 3.8) is 0 Å². The van der Waals surface area contributed by atoms with Gasteiger partial charge < -0.3 is 5.32 Å². The third kappa shape index (κ3) is 4.98. The maximum Gasteiger partial charge on any atom is 0.255 e. The fourth-order valence-electron chi connectivity index (χ4n) is 2.54. The number of carbonyl (C=O) groups is 1. The van der Waals surface area contributed by atoms with E-state index < -0.39 is 15.9 Å². The van der Waals surface area contributed by atoms with Gasteiger partial charge in [-0.25, -0.2) is 13.1 Å². The van der Waals surface area contributed by atoms with Crippen molar-refractivity contribution in [2.24, 2.45) is 0 Å². The number of amides is 1. The molecule has 0 aliphatic heterocycles. The molecule has 0 saturated carbocycles. The normalized spacial score (nSPS) is 11.2. The Balaban J connectivity index is 1.79. The Morgan fingerprint density at radius 2 is 1.64 bits per heavy atom. The second-order valence-electron chi connectivity index (χ2n) is 6.28. The molecule has 0 radical (unpaired) electrons. The van der Waals surface area contributed by atoms with Gasteiger partial charge in [-0.15, -0.1) is 0 Å². The first-order valence-electron chi connectivity index (χ1n) is 8.56. The van der Waals surface area contributed by atoms with Crippen LogP contribution >= 0.6 is 11.6 Å². The van der Waals surface area contributed by atoms with Crippen molar-refractivity contribution in [3.05, 3.63) is 94.5 Å². The van der Waals surface area contributed by atoms with E-state index in [1.807, 2.05) is 49.4 Å². The Morgan fingerprint density at radius 1 is 0.964 bits per heavy atom. The van der Waals surface area contributed by atoms with E-state index in [1.54, 1.807) is 12.1 Å². The van der Waals surface area contributed by atoms with Crippen LogP contribution < -0.4 is 10.0 Å². The molecule has 0 aliphatic carbocycles. The molecule has 1 amide bonds. The van der Waals surface area contributed by atoms with Gasteiger partial charge >= 0.3 is 0 Å². The van der Waals surface area contributed by atoms with Crippen LogP contribution in [0.5, 0.6) is 0 Å². The summed E-state index contributed by atoms with van der Waals surface area (Å²) in [4.78, 5) is 12.4. The summed E-state index contributed by atoms with van der Waals surface area (Å²) in [6.45, 7) is 2.07. The molecule has 2 N–H and O–H groups in total. The maximum atomic E-state index is 12.7. The molecule has 0 bridgehead atoms. The zero-order valence-corrected chi connectivity index (χ0v) is 16.7. The molecule has 3 rings (SSSR count). The molecule has 0 aromatic heterocycles. The smallest absolute Gasteiger partial charge is 0.255 e. The van der Waals surface area contributed by atoms with E-state index in [4.69, 9.17) is 11.6 Å². The molecule has 0 atom stereocenters. The van der Waals surface area contributed by atoms with Gasteiger partial charge in [-0.05, 0) is 42.8 Å². The van der Waals surface area contributed by atoms with Crippen molar-refractivity contribution in [2.75, 3.05) is 5.32 Å². The van der Waals surface area contributed by atoms with E-state index >= 15 is 0 Å². The monoisotopic (exact) mass is 414 g/mol. The van der Waals surface area contributed by atoms with E-state index in [-0.39, 0.29) is 22.0 Å². The average Bonchev–Trinajstić information content (AvgIpc) is 2.69. The van der Waals surface area contributed by atoms with Crippen molar-refractivity contribution < 1.29 is 13.2 Å². The molecule has 3 aromatic carbocycles. The quantitative estimate of drug-likeness (QED) is 0.628. The van der Waals surface area contributed by atoms with Gasteiger partial charge in [0.2, 0.25) is 10.0 Å². The fourth-order valence-corrected chi connectivity index (χ4v) is 4.08. The van der Waals surface area contributed by atoms with E-state index in [9.17, 15) is 13.2 Å². The van der Waals surface area contributed by atoms with Gasteiger partial charge in [0.15, 0.2) is 0 Å². The number of benzene rings is 3. The lowest BCUT2D eigenvalue weighted by molar-refractivity contribution is 0.102. The van der Waals surface area contributed by atoms with E-state index in [0.29, 0.717) is 5.69 Å². The number of sulfonamides is 1. The van der Waals surface area contributed by atoms with Crippen molar-refractivity contribution in [2.45, 2.75) is 18.4 Å². The van der Waals surface area contributed by atoms with Crippen LogP contribution in [0.4, 0.5) is 5.69 Å². The van der Waals surface area contributed by atoms with Gasteiger partial charge in [0.25, 0.3) is 5.91 Å². The zero-order valence-electron chi connectivity index (χ0n) is 15.1. The number of halogens is 1. The third-order valence-electron chi connectivity index (χ3n) is 4.10. The van der Waals surface area contributed by atoms with Gasteiger partial charge in [-0.1, -0.05) is 59.6 Å². The molecule has 0 unspecified atom stereocenters. The van der Waals surface area contributed by atoms with E-state index in [2.05, 4.69) is 10.0 Å². The average molecular weight is 415 g/mol. The van der Waals surface area contributed by atoms with E-state index in [0.717, 1.165) is 11.1 Å². The van der Waals surface area contributed by atoms with Crippen LogP contribution in [0.15, 0.2) is 77.7 Å². The first kappa shape index (κ1) is 20.1. The second kappa shape index (κ2) is 8.56. The highest BCUT2D eigenvalue weighted by molar-refractivity contribution is 7.89. The molecule has 144 valence electrons. The molecule has 0 fully saturated rings. The summed E-state index contributed by atoms with van der Waals surface area (Å²) >= 11 is 6.09. The van der Waals surface area contributed by atoms with Crippen molar-refractivity contribution >= 4 is 33.2 Å². The molecule has 0 saturated heterocycles. The number of aryl methyl sites for hydroxylation is 1. The Labute approximate surface area is 169 Å². The molecule has 7 heteroatoms. The number of hydrogen-bond acceptors (Lipinski definition) is 3. The molecule has 28 heavy (non-hydrogen) atoms. The summed E-state index contributed by atoms with van der Waals surface area (Å²) in [5.41, 5.74) is 2.71. The highest BCUT2D eigenvalue weighted by Crippen LogP contribution is 2.23. The number of anilines is 1. The molecule has 0 spiro atoms. The minimum Gasteiger partial charge on any atom is -0.322 e. The van der Waals surface area contributed by atoms with Gasteiger partial charge in [-0.3, -0.25) is 4.79 Å². The first-order chi connectivity index (χ1) is 13.3. The highest BCUT2D eigenvalue weighted by atomic mass is 35.5. The number of nitrogens with one attached hydrogen (secondary N) is 2. The minimum atomic E-state index is -3.89. The van der Waals surface area contributed by atoms with Crippen LogP contribution in [-0.4, -0.2) is 14.3 Å². The lowest BCUT2D eigenvalue weighted by atomic mass is 10.2. The van der Waals surface area contributed by atoms with Crippen LogP contribution in [-0.2, 0) is 16.6 Å². The highest BCUT2D eigenvalue weighted by Gasteiger charge is 2.20. The van der Waals surface area contributed by atoms with E-state index in [1.165, 1.54) is 18.2 Å². The summed E-state index contributed by atoms with van der Waals surface area (Å²) < 4.78 is 27.8. The minimum absolute atomic E-state index is 0.0486. The largest absolute Gasteiger partial charge is 0.322 e. The van der Waals surface area contributed by atoms with Crippen LogP contribution in [0.2, 0.25) is 5.02 Å².